The summed E-state index contributed by atoms with van der Waals surface area (Å²) >= 11 is 0. The Morgan fingerprint density at radius 3 is 2.86 bits per heavy atom. The lowest BCUT2D eigenvalue weighted by molar-refractivity contribution is 0.0305. The van der Waals surface area contributed by atoms with Gasteiger partial charge >= 0.3 is 0 Å². The molecule has 3 aliphatic rings. The van der Waals surface area contributed by atoms with E-state index in [1.165, 1.54) is 24.0 Å². The minimum atomic E-state index is -0.442. The van der Waals surface area contributed by atoms with Crippen molar-refractivity contribution in [1.29, 1.82) is 0 Å². The average molecular weight is 296 g/mol. The number of aliphatic hydroxyl groups is 1. The number of hydrogen-bond acceptors (Lipinski definition) is 2. The van der Waals surface area contributed by atoms with Crippen molar-refractivity contribution in [3.05, 3.63) is 47.2 Å². The molecule has 0 saturated heterocycles. The quantitative estimate of drug-likeness (QED) is 0.694. The fourth-order valence-corrected chi connectivity index (χ4v) is 5.68. The van der Waals surface area contributed by atoms with E-state index in [1.807, 2.05) is 6.07 Å². The van der Waals surface area contributed by atoms with Crippen molar-refractivity contribution in [3.8, 4) is 5.75 Å². The first-order valence-electron chi connectivity index (χ1n) is 8.45. The summed E-state index contributed by atoms with van der Waals surface area (Å²) < 4.78 is 0. The molecule has 0 aliphatic heterocycles. The molecule has 0 radical (unpaired) electrons. The molecule has 3 aliphatic carbocycles. The van der Waals surface area contributed by atoms with E-state index in [-0.39, 0.29) is 11.2 Å². The second-order valence-corrected chi connectivity index (χ2v) is 7.59. The summed E-state index contributed by atoms with van der Waals surface area (Å²) in [7, 11) is 0. The van der Waals surface area contributed by atoms with Crippen LogP contribution in [0.1, 0.15) is 62.2 Å². The van der Waals surface area contributed by atoms with Crippen molar-refractivity contribution >= 4 is 0 Å². The number of aliphatic hydroxyl groups excluding tert-OH is 1. The molecule has 2 fully saturated rings. The Morgan fingerprint density at radius 1 is 1.27 bits per heavy atom. The van der Waals surface area contributed by atoms with Gasteiger partial charge in [-0.05, 0) is 84.1 Å². The van der Waals surface area contributed by atoms with Crippen molar-refractivity contribution in [1.82, 2.24) is 0 Å². The van der Waals surface area contributed by atoms with Crippen molar-refractivity contribution in [2.45, 2.75) is 51.0 Å². The molecule has 3 unspecified atom stereocenters. The number of hydrogen-bond donors (Lipinski definition) is 2. The van der Waals surface area contributed by atoms with Crippen LogP contribution in [0, 0.1) is 17.3 Å². The lowest BCUT2D eigenvalue weighted by atomic mass is 9.55. The van der Waals surface area contributed by atoms with E-state index in [1.54, 1.807) is 12.1 Å². The zero-order valence-electron chi connectivity index (χ0n) is 13.2. The lowest BCUT2D eigenvalue weighted by Gasteiger charge is -2.50. The highest BCUT2D eigenvalue weighted by Gasteiger charge is 2.53. The second-order valence-electron chi connectivity index (χ2n) is 7.59. The minimum absolute atomic E-state index is 0.233. The summed E-state index contributed by atoms with van der Waals surface area (Å²) in [6.07, 6.45) is 5.05. The van der Waals surface area contributed by atoms with Crippen LogP contribution in [-0.4, -0.2) is 10.2 Å². The molecule has 2 nitrogen and oxygen atoms in total. The molecule has 0 aromatic heterocycles. The second kappa shape index (κ2) is 4.75. The molecule has 2 saturated carbocycles. The van der Waals surface area contributed by atoms with E-state index < -0.39 is 6.10 Å². The van der Waals surface area contributed by atoms with E-state index in [2.05, 4.69) is 19.2 Å². The molecule has 2 N–H and O–H groups in total. The molecule has 4 rings (SSSR count). The Kier molecular flexibility index (Phi) is 3.04. The summed E-state index contributed by atoms with van der Waals surface area (Å²) in [5.41, 5.74) is 7.06. The van der Waals surface area contributed by atoms with Gasteiger partial charge in [0.1, 0.15) is 5.75 Å². The van der Waals surface area contributed by atoms with Crippen molar-refractivity contribution in [2.24, 2.45) is 17.3 Å². The Morgan fingerprint density at radius 2 is 2.09 bits per heavy atom. The van der Waals surface area contributed by atoms with Gasteiger partial charge in [-0.1, -0.05) is 19.6 Å². The van der Waals surface area contributed by atoms with Crippen LogP contribution in [-0.2, 0) is 0 Å². The van der Waals surface area contributed by atoms with Crippen LogP contribution in [0.2, 0.25) is 0 Å². The van der Waals surface area contributed by atoms with E-state index in [9.17, 15) is 10.2 Å². The molecule has 5 atom stereocenters. The molecular formula is C20H24O2. The predicted molar refractivity (Wildman–Crippen MR) is 86.6 cm³/mol. The van der Waals surface area contributed by atoms with Crippen LogP contribution in [0.15, 0.2) is 36.1 Å². The highest BCUT2D eigenvalue weighted by Crippen LogP contribution is 2.63. The molecule has 2 heteroatoms. The first-order chi connectivity index (χ1) is 10.5. The third-order valence-corrected chi connectivity index (χ3v) is 6.76. The Labute approximate surface area is 132 Å². The van der Waals surface area contributed by atoms with Crippen molar-refractivity contribution < 1.29 is 10.2 Å². The summed E-state index contributed by atoms with van der Waals surface area (Å²) in [5.74, 6) is 1.96. The van der Waals surface area contributed by atoms with E-state index in [0.717, 1.165) is 24.8 Å². The zero-order chi connectivity index (χ0) is 15.5. The van der Waals surface area contributed by atoms with E-state index >= 15 is 0 Å². The third-order valence-electron chi connectivity index (χ3n) is 6.76. The number of rotatable bonds is 0. The van der Waals surface area contributed by atoms with Gasteiger partial charge in [0.15, 0.2) is 0 Å². The van der Waals surface area contributed by atoms with Gasteiger partial charge in [-0.15, -0.1) is 5.73 Å². The first kappa shape index (κ1) is 14.1. The molecule has 1 aromatic carbocycles. The van der Waals surface area contributed by atoms with Gasteiger partial charge in [0, 0.05) is 0 Å². The first-order valence-corrected chi connectivity index (χ1v) is 8.45. The Balaban J connectivity index is 1.77. The van der Waals surface area contributed by atoms with Crippen LogP contribution in [0.3, 0.4) is 0 Å². The Hall–Kier alpha value is -1.50. The zero-order valence-corrected chi connectivity index (χ0v) is 13.2. The normalized spacial score (nSPS) is 39.6. The topological polar surface area (TPSA) is 40.5 Å². The van der Waals surface area contributed by atoms with Gasteiger partial charge in [-0.2, -0.15) is 0 Å². The molecule has 116 valence electrons. The fraction of sp³-hybridized carbons (Fsp3) is 0.550. The van der Waals surface area contributed by atoms with Gasteiger partial charge < -0.3 is 10.2 Å². The summed E-state index contributed by atoms with van der Waals surface area (Å²) in [4.78, 5) is 0. The summed E-state index contributed by atoms with van der Waals surface area (Å²) in [6.45, 7) is 6.29. The maximum atomic E-state index is 10.6. The number of allylic oxidation sites excluding steroid dienone is 1. The number of aromatic hydroxyl groups is 1. The number of phenolic OH excluding ortho intramolecular Hbond substituents is 1. The summed E-state index contributed by atoms with van der Waals surface area (Å²) in [6, 6.07) is 5.56. The number of benzene rings is 1. The van der Waals surface area contributed by atoms with Gasteiger partial charge in [-0.25, -0.2) is 0 Å². The summed E-state index contributed by atoms with van der Waals surface area (Å²) in [5, 5.41) is 20.3. The van der Waals surface area contributed by atoms with Gasteiger partial charge in [0.2, 0.25) is 0 Å². The Bertz CT molecular complexity index is 670. The van der Waals surface area contributed by atoms with Gasteiger partial charge in [-0.3, -0.25) is 0 Å². The number of fused-ring (bicyclic) bond motifs is 5. The number of phenols is 1. The molecular weight excluding hydrogens is 272 g/mol. The molecule has 22 heavy (non-hydrogen) atoms. The predicted octanol–water partition coefficient (Wildman–Crippen LogP) is 4.45. The largest absolute Gasteiger partial charge is 0.508 e. The smallest absolute Gasteiger partial charge is 0.115 e. The third kappa shape index (κ3) is 1.77. The lowest BCUT2D eigenvalue weighted by Crippen LogP contribution is -2.41. The molecule has 0 amide bonds. The van der Waals surface area contributed by atoms with Crippen LogP contribution in [0.4, 0.5) is 0 Å². The standard InChI is InChI=1S/C20H24O2/c1-3-12-4-7-18-16-11-19(22)17-10-13(21)5-6-14(17)15(16)8-9-20(12,18)2/h5-6,10,15-16,18-19,21-22H,1,4,7-9,11H2,2H3/t15?,16?,18?,19-,20-/m1/s1. The van der Waals surface area contributed by atoms with Crippen LogP contribution < -0.4 is 0 Å². The van der Waals surface area contributed by atoms with Crippen LogP contribution in [0.5, 0.6) is 5.75 Å². The monoisotopic (exact) mass is 296 g/mol. The molecule has 0 spiro atoms. The van der Waals surface area contributed by atoms with Gasteiger partial charge in [0.25, 0.3) is 0 Å². The molecule has 1 aromatic rings. The van der Waals surface area contributed by atoms with Crippen LogP contribution >= 0.6 is 0 Å². The fourth-order valence-electron chi connectivity index (χ4n) is 5.68. The molecule has 0 heterocycles. The van der Waals surface area contributed by atoms with Crippen LogP contribution in [0.25, 0.3) is 0 Å². The molecule has 0 bridgehead atoms. The maximum Gasteiger partial charge on any atom is 0.115 e. The minimum Gasteiger partial charge on any atom is -0.508 e. The van der Waals surface area contributed by atoms with Gasteiger partial charge in [0.05, 0.1) is 6.10 Å². The van der Waals surface area contributed by atoms with E-state index in [0.29, 0.717) is 17.8 Å². The average Bonchev–Trinajstić information content (AvgIpc) is 2.84. The highest BCUT2D eigenvalue weighted by atomic mass is 16.3. The maximum absolute atomic E-state index is 10.6. The SMILES string of the molecule is C=C=C1CCC2C3C[C@@H](O)c4cc(O)ccc4C3CC[C@]12C. The highest BCUT2D eigenvalue weighted by molar-refractivity contribution is 5.42. The van der Waals surface area contributed by atoms with E-state index in [4.69, 9.17) is 0 Å². The van der Waals surface area contributed by atoms with Crippen molar-refractivity contribution in [2.75, 3.05) is 0 Å². The van der Waals surface area contributed by atoms with Crippen molar-refractivity contribution in [3.63, 3.8) is 0 Å².